The van der Waals surface area contributed by atoms with Crippen LogP contribution in [0, 0.1) is 6.92 Å². The van der Waals surface area contributed by atoms with Gasteiger partial charge < -0.3 is 19.5 Å². The molecule has 7 nitrogen and oxygen atoms in total. The Hall–Kier alpha value is -3.32. The number of amides is 1. The van der Waals surface area contributed by atoms with Gasteiger partial charge in [-0.1, -0.05) is 23.8 Å². The Morgan fingerprint density at radius 1 is 1.21 bits per heavy atom. The number of aromatic nitrogens is 2. The Balaban J connectivity index is 1.90. The summed E-state index contributed by atoms with van der Waals surface area (Å²) in [6.07, 6.45) is 0. The highest BCUT2D eigenvalue weighted by molar-refractivity contribution is 6.00. The summed E-state index contributed by atoms with van der Waals surface area (Å²) < 4.78 is 10.6. The molecular weight excluding hydrogens is 370 g/mol. The van der Waals surface area contributed by atoms with Crippen molar-refractivity contribution in [3.8, 4) is 22.8 Å². The monoisotopic (exact) mass is 393 g/mol. The third kappa shape index (κ3) is 3.23. The molecule has 0 aliphatic carbocycles. The van der Waals surface area contributed by atoms with Gasteiger partial charge in [-0.15, -0.1) is 0 Å². The molecule has 1 aliphatic rings. The van der Waals surface area contributed by atoms with Crippen LogP contribution in [0.3, 0.4) is 0 Å². The Labute approximate surface area is 168 Å². The predicted molar refractivity (Wildman–Crippen MR) is 108 cm³/mol. The zero-order chi connectivity index (χ0) is 20.5. The summed E-state index contributed by atoms with van der Waals surface area (Å²) >= 11 is 0. The van der Waals surface area contributed by atoms with Gasteiger partial charge in [0.15, 0.2) is 0 Å². The lowest BCUT2D eigenvalue weighted by atomic mass is 9.95. The molecule has 4 rings (SSSR count). The van der Waals surface area contributed by atoms with Crippen LogP contribution in [0.25, 0.3) is 11.3 Å². The van der Waals surface area contributed by atoms with Crippen molar-refractivity contribution in [2.75, 3.05) is 27.4 Å². The average molecular weight is 393 g/mol. The van der Waals surface area contributed by atoms with Gasteiger partial charge in [0, 0.05) is 24.8 Å². The van der Waals surface area contributed by atoms with E-state index in [1.165, 1.54) is 0 Å². The summed E-state index contributed by atoms with van der Waals surface area (Å²) in [4.78, 5) is 14.9. The number of hydrogen-bond acceptors (Lipinski definition) is 5. The summed E-state index contributed by atoms with van der Waals surface area (Å²) in [6, 6.07) is 12.6. The minimum absolute atomic E-state index is 0.122. The summed E-state index contributed by atoms with van der Waals surface area (Å²) in [5.74, 6) is 0.686. The SMILES string of the molecule is COCCN1C(=O)c2[nH]nc(-c3cc(C)ccc3O)c2C1c1cccc(OC)c1. The van der Waals surface area contributed by atoms with Crippen molar-refractivity contribution in [3.63, 3.8) is 0 Å². The lowest BCUT2D eigenvalue weighted by Gasteiger charge is -2.26. The second-order valence-electron chi connectivity index (χ2n) is 7.05. The number of carbonyl (C=O) groups is 1. The highest BCUT2D eigenvalue weighted by atomic mass is 16.5. The largest absolute Gasteiger partial charge is 0.507 e. The fourth-order valence-corrected chi connectivity index (χ4v) is 3.82. The molecule has 0 fully saturated rings. The topological polar surface area (TPSA) is 87.7 Å². The molecule has 150 valence electrons. The first-order valence-electron chi connectivity index (χ1n) is 9.37. The number of methoxy groups -OCH3 is 2. The van der Waals surface area contributed by atoms with Crippen molar-refractivity contribution < 1.29 is 19.4 Å². The molecule has 2 aromatic carbocycles. The molecule has 7 heteroatoms. The predicted octanol–water partition coefficient (Wildman–Crippen LogP) is 3.29. The van der Waals surface area contributed by atoms with Crippen LogP contribution in [0.2, 0.25) is 0 Å². The zero-order valence-corrected chi connectivity index (χ0v) is 16.6. The zero-order valence-electron chi connectivity index (χ0n) is 16.6. The number of aromatic amines is 1. The first kappa shape index (κ1) is 19.0. The number of hydrogen-bond donors (Lipinski definition) is 2. The lowest BCUT2D eigenvalue weighted by molar-refractivity contribution is 0.0677. The maximum atomic E-state index is 13.1. The standard InChI is InChI=1S/C22H23N3O4/c1-13-7-8-17(26)16(11-13)19-18-20(24-23-19)22(27)25(9-10-28-2)21(18)14-5-4-6-15(12-14)29-3/h4-8,11-12,21,26H,9-10H2,1-3H3,(H,23,24). The number of phenolic OH excluding ortho intramolecular Hbond substituents is 1. The number of ether oxygens (including phenoxy) is 2. The quantitative estimate of drug-likeness (QED) is 0.671. The van der Waals surface area contributed by atoms with Crippen molar-refractivity contribution in [2.45, 2.75) is 13.0 Å². The maximum absolute atomic E-state index is 13.1. The first-order chi connectivity index (χ1) is 14.0. The van der Waals surface area contributed by atoms with Crippen LogP contribution in [0.15, 0.2) is 42.5 Å². The number of aryl methyl sites for hydroxylation is 1. The van der Waals surface area contributed by atoms with Gasteiger partial charge in [0.05, 0.1) is 19.8 Å². The fourth-order valence-electron chi connectivity index (χ4n) is 3.82. The summed E-state index contributed by atoms with van der Waals surface area (Å²) in [5.41, 5.74) is 4.25. The van der Waals surface area contributed by atoms with Crippen LogP contribution in [0.4, 0.5) is 0 Å². The molecule has 2 heterocycles. The molecule has 29 heavy (non-hydrogen) atoms. The minimum Gasteiger partial charge on any atom is -0.507 e. The van der Waals surface area contributed by atoms with Crippen LogP contribution in [0.5, 0.6) is 11.5 Å². The van der Waals surface area contributed by atoms with Crippen LogP contribution in [0.1, 0.15) is 33.2 Å². The highest BCUT2D eigenvalue weighted by Gasteiger charge is 2.42. The molecule has 2 N–H and O–H groups in total. The molecule has 1 amide bonds. The van der Waals surface area contributed by atoms with Crippen molar-refractivity contribution in [1.29, 1.82) is 0 Å². The Morgan fingerprint density at radius 2 is 2.03 bits per heavy atom. The molecule has 0 saturated carbocycles. The van der Waals surface area contributed by atoms with Gasteiger partial charge in [0.1, 0.15) is 22.9 Å². The van der Waals surface area contributed by atoms with Crippen molar-refractivity contribution >= 4 is 5.91 Å². The van der Waals surface area contributed by atoms with Gasteiger partial charge >= 0.3 is 0 Å². The van der Waals surface area contributed by atoms with Crippen molar-refractivity contribution in [1.82, 2.24) is 15.1 Å². The fraction of sp³-hybridized carbons (Fsp3) is 0.273. The third-order valence-electron chi connectivity index (χ3n) is 5.22. The molecule has 3 aromatic rings. The number of phenols is 1. The van der Waals surface area contributed by atoms with E-state index in [9.17, 15) is 9.90 Å². The van der Waals surface area contributed by atoms with Gasteiger partial charge in [-0.2, -0.15) is 5.10 Å². The van der Waals surface area contributed by atoms with E-state index < -0.39 is 0 Å². The molecular formula is C22H23N3O4. The van der Waals surface area contributed by atoms with Crippen LogP contribution in [-0.4, -0.2) is 53.5 Å². The van der Waals surface area contributed by atoms with Crippen LogP contribution in [-0.2, 0) is 4.74 Å². The van der Waals surface area contributed by atoms with E-state index in [4.69, 9.17) is 9.47 Å². The van der Waals surface area contributed by atoms with E-state index >= 15 is 0 Å². The van der Waals surface area contributed by atoms with Gasteiger partial charge in [0.25, 0.3) is 5.91 Å². The molecule has 1 aliphatic heterocycles. The van der Waals surface area contributed by atoms with Gasteiger partial charge in [-0.3, -0.25) is 9.89 Å². The average Bonchev–Trinajstić information content (AvgIpc) is 3.27. The third-order valence-corrected chi connectivity index (χ3v) is 5.22. The van der Waals surface area contributed by atoms with E-state index in [-0.39, 0.29) is 17.7 Å². The van der Waals surface area contributed by atoms with Gasteiger partial charge in [0.2, 0.25) is 0 Å². The lowest BCUT2D eigenvalue weighted by Crippen LogP contribution is -2.32. The van der Waals surface area contributed by atoms with E-state index in [2.05, 4.69) is 10.2 Å². The highest BCUT2D eigenvalue weighted by Crippen LogP contribution is 2.44. The van der Waals surface area contributed by atoms with E-state index in [1.54, 1.807) is 25.2 Å². The Morgan fingerprint density at radius 3 is 2.79 bits per heavy atom. The summed E-state index contributed by atoms with van der Waals surface area (Å²) in [6.45, 7) is 2.79. The molecule has 0 radical (unpaired) electrons. The van der Waals surface area contributed by atoms with Crippen LogP contribution >= 0.6 is 0 Å². The van der Waals surface area contributed by atoms with E-state index in [1.807, 2.05) is 43.3 Å². The smallest absolute Gasteiger partial charge is 0.273 e. The first-order valence-corrected chi connectivity index (χ1v) is 9.37. The molecule has 0 spiro atoms. The molecule has 1 atom stereocenters. The van der Waals surface area contributed by atoms with Gasteiger partial charge in [-0.05, 0) is 36.8 Å². The second-order valence-corrected chi connectivity index (χ2v) is 7.05. The second kappa shape index (κ2) is 7.60. The van der Waals surface area contributed by atoms with E-state index in [0.717, 1.165) is 16.7 Å². The number of benzene rings is 2. The Bertz CT molecular complexity index is 1060. The van der Waals surface area contributed by atoms with Gasteiger partial charge in [-0.25, -0.2) is 0 Å². The number of H-pyrrole nitrogens is 1. The molecule has 0 saturated heterocycles. The minimum atomic E-state index is -0.364. The summed E-state index contributed by atoms with van der Waals surface area (Å²) in [5, 5.41) is 17.7. The number of nitrogens with one attached hydrogen (secondary N) is 1. The number of rotatable bonds is 6. The molecule has 1 unspecified atom stereocenters. The Kier molecular flexibility index (Phi) is 4.98. The molecule has 0 bridgehead atoms. The number of fused-ring (bicyclic) bond motifs is 1. The normalized spacial score (nSPS) is 15.6. The van der Waals surface area contributed by atoms with Crippen molar-refractivity contribution in [3.05, 3.63) is 64.8 Å². The van der Waals surface area contributed by atoms with Crippen LogP contribution < -0.4 is 4.74 Å². The van der Waals surface area contributed by atoms with E-state index in [0.29, 0.717) is 35.9 Å². The number of nitrogens with zero attached hydrogens (tertiary/aromatic N) is 2. The van der Waals surface area contributed by atoms with Crippen molar-refractivity contribution in [2.24, 2.45) is 0 Å². The number of aromatic hydroxyl groups is 1. The maximum Gasteiger partial charge on any atom is 0.273 e. The summed E-state index contributed by atoms with van der Waals surface area (Å²) in [7, 11) is 3.22. The molecule has 1 aromatic heterocycles. The number of carbonyl (C=O) groups excluding carboxylic acids is 1.